The molecule has 0 saturated heterocycles. The molecular formula is C18H13F3O7S. The van der Waals surface area contributed by atoms with Crippen molar-refractivity contribution in [3.05, 3.63) is 53.6 Å². The van der Waals surface area contributed by atoms with Crippen molar-refractivity contribution in [1.29, 1.82) is 0 Å². The van der Waals surface area contributed by atoms with Crippen LogP contribution >= 0.6 is 0 Å². The number of carboxylic acid groups (broad SMARTS) is 1. The molecule has 0 radical (unpaired) electrons. The van der Waals surface area contributed by atoms with Crippen LogP contribution in [0.3, 0.4) is 0 Å². The summed E-state index contributed by atoms with van der Waals surface area (Å²) in [6, 6.07) is 7.84. The van der Waals surface area contributed by atoms with Crippen molar-refractivity contribution in [2.24, 2.45) is 0 Å². The SMILES string of the molecule is COc1ccc(-c2ccc(OS(=O)(=O)C(F)(F)F)c(C=O)c2)c(/C=C/C(=O)O)c1. The van der Waals surface area contributed by atoms with E-state index in [2.05, 4.69) is 4.18 Å². The molecule has 0 spiro atoms. The molecule has 2 rings (SSSR count). The van der Waals surface area contributed by atoms with Gasteiger partial charge in [-0.25, -0.2) is 4.79 Å². The number of carboxylic acids is 1. The van der Waals surface area contributed by atoms with E-state index in [4.69, 9.17) is 9.84 Å². The number of alkyl halides is 3. The summed E-state index contributed by atoms with van der Waals surface area (Å²) in [5, 5.41) is 8.83. The second-order valence-corrected chi connectivity index (χ2v) is 7.02. The molecule has 0 fully saturated rings. The van der Waals surface area contributed by atoms with E-state index in [0.29, 0.717) is 22.4 Å². The topological polar surface area (TPSA) is 107 Å². The van der Waals surface area contributed by atoms with Crippen LogP contribution in [-0.4, -0.2) is 38.4 Å². The number of carbonyl (C=O) groups is 2. The fourth-order valence-corrected chi connectivity index (χ4v) is 2.76. The van der Waals surface area contributed by atoms with Gasteiger partial charge in [0.1, 0.15) is 5.75 Å². The zero-order valence-corrected chi connectivity index (χ0v) is 15.5. The Morgan fingerprint density at radius 3 is 2.34 bits per heavy atom. The molecule has 1 N–H and O–H groups in total. The van der Waals surface area contributed by atoms with Crippen LogP contribution < -0.4 is 8.92 Å². The van der Waals surface area contributed by atoms with Gasteiger partial charge in [-0.05, 0) is 47.0 Å². The smallest absolute Gasteiger partial charge is 0.497 e. The lowest BCUT2D eigenvalue weighted by atomic mass is 9.97. The molecule has 0 atom stereocenters. The fraction of sp³-hybridized carbons (Fsp3) is 0.111. The van der Waals surface area contributed by atoms with E-state index in [1.165, 1.54) is 31.4 Å². The number of benzene rings is 2. The van der Waals surface area contributed by atoms with Crippen LogP contribution in [0.15, 0.2) is 42.5 Å². The number of ether oxygens (including phenoxy) is 1. The van der Waals surface area contributed by atoms with E-state index < -0.39 is 32.9 Å². The molecule has 154 valence electrons. The number of hydrogen-bond donors (Lipinski definition) is 1. The lowest BCUT2D eigenvalue weighted by Crippen LogP contribution is -2.28. The Labute approximate surface area is 163 Å². The van der Waals surface area contributed by atoms with Gasteiger partial charge in [-0.1, -0.05) is 12.1 Å². The molecule has 11 heteroatoms. The first-order valence-electron chi connectivity index (χ1n) is 7.68. The predicted molar refractivity (Wildman–Crippen MR) is 96.1 cm³/mol. The molecule has 29 heavy (non-hydrogen) atoms. The van der Waals surface area contributed by atoms with Gasteiger partial charge in [-0.3, -0.25) is 4.79 Å². The van der Waals surface area contributed by atoms with Gasteiger partial charge >= 0.3 is 21.6 Å². The first-order valence-corrected chi connectivity index (χ1v) is 9.08. The minimum atomic E-state index is -5.95. The van der Waals surface area contributed by atoms with Gasteiger partial charge in [0.05, 0.1) is 12.7 Å². The average Bonchev–Trinajstić information content (AvgIpc) is 2.65. The number of aliphatic carboxylic acids is 1. The summed E-state index contributed by atoms with van der Waals surface area (Å²) in [6.07, 6.45) is 2.27. The quantitative estimate of drug-likeness (QED) is 0.310. The predicted octanol–water partition coefficient (Wildman–Crippen LogP) is 3.50. The first-order chi connectivity index (χ1) is 13.5. The monoisotopic (exact) mass is 430 g/mol. The van der Waals surface area contributed by atoms with Gasteiger partial charge < -0.3 is 14.0 Å². The second-order valence-electron chi connectivity index (χ2n) is 5.48. The second kappa shape index (κ2) is 8.35. The van der Waals surface area contributed by atoms with Crippen molar-refractivity contribution >= 4 is 28.4 Å². The highest BCUT2D eigenvalue weighted by Crippen LogP contribution is 2.33. The van der Waals surface area contributed by atoms with Crippen molar-refractivity contribution in [2.45, 2.75) is 5.51 Å². The Morgan fingerprint density at radius 1 is 1.10 bits per heavy atom. The highest BCUT2D eigenvalue weighted by Gasteiger charge is 2.48. The summed E-state index contributed by atoms with van der Waals surface area (Å²) < 4.78 is 69.0. The Balaban J connectivity index is 2.55. The summed E-state index contributed by atoms with van der Waals surface area (Å²) in [5.74, 6) is -1.60. The number of hydrogen-bond acceptors (Lipinski definition) is 6. The van der Waals surface area contributed by atoms with E-state index in [0.717, 1.165) is 18.2 Å². The molecule has 0 heterocycles. The van der Waals surface area contributed by atoms with Gasteiger partial charge in [0.25, 0.3) is 0 Å². The molecule has 2 aromatic rings. The van der Waals surface area contributed by atoms with Crippen LogP contribution in [0.1, 0.15) is 15.9 Å². The number of rotatable bonds is 7. The van der Waals surface area contributed by atoms with Gasteiger partial charge in [-0.15, -0.1) is 0 Å². The van der Waals surface area contributed by atoms with Crippen LogP contribution in [0.4, 0.5) is 13.2 Å². The van der Waals surface area contributed by atoms with Crippen molar-refractivity contribution in [3.8, 4) is 22.6 Å². The van der Waals surface area contributed by atoms with Gasteiger partial charge in [0.2, 0.25) is 0 Å². The lowest BCUT2D eigenvalue weighted by Gasteiger charge is -2.13. The summed E-state index contributed by atoms with van der Waals surface area (Å²) in [7, 11) is -4.55. The van der Waals surface area contributed by atoms with Gasteiger partial charge in [0.15, 0.2) is 12.0 Å². The maximum Gasteiger partial charge on any atom is 0.534 e. The molecule has 0 aromatic heterocycles. The third kappa shape index (κ3) is 5.13. The Bertz CT molecular complexity index is 1070. The molecule has 0 bridgehead atoms. The van der Waals surface area contributed by atoms with Gasteiger partial charge in [-0.2, -0.15) is 21.6 Å². The average molecular weight is 430 g/mol. The number of aldehydes is 1. The summed E-state index contributed by atoms with van der Waals surface area (Å²) in [4.78, 5) is 22.1. The Kier molecular flexibility index (Phi) is 6.32. The lowest BCUT2D eigenvalue weighted by molar-refractivity contribution is -0.131. The maximum atomic E-state index is 12.5. The van der Waals surface area contributed by atoms with Crippen LogP contribution in [0.5, 0.6) is 11.5 Å². The highest BCUT2D eigenvalue weighted by atomic mass is 32.2. The van der Waals surface area contributed by atoms with Crippen molar-refractivity contribution in [2.75, 3.05) is 7.11 Å². The molecule has 0 saturated carbocycles. The Hall–Kier alpha value is -3.34. The van der Waals surface area contributed by atoms with Crippen molar-refractivity contribution in [1.82, 2.24) is 0 Å². The standard InChI is InChI=1S/C18H13F3O7S/c1-27-14-4-5-15(12(9-14)3-7-17(23)24)11-2-6-16(13(8-11)10-22)28-29(25,26)18(19,20)21/h2-10H,1H3,(H,23,24)/b7-3+. The highest BCUT2D eigenvalue weighted by molar-refractivity contribution is 7.88. The fourth-order valence-electron chi connectivity index (χ4n) is 2.28. The molecule has 0 aliphatic rings. The van der Waals surface area contributed by atoms with E-state index in [1.807, 2.05) is 0 Å². The Morgan fingerprint density at radius 2 is 1.79 bits per heavy atom. The van der Waals surface area contributed by atoms with Crippen LogP contribution in [-0.2, 0) is 14.9 Å². The number of methoxy groups -OCH3 is 1. The molecule has 2 aromatic carbocycles. The van der Waals surface area contributed by atoms with E-state index in [-0.39, 0.29) is 6.29 Å². The molecule has 0 aliphatic heterocycles. The minimum absolute atomic E-state index is 0.140. The molecule has 0 amide bonds. The summed E-state index contributed by atoms with van der Waals surface area (Å²) >= 11 is 0. The van der Waals surface area contributed by atoms with E-state index in [9.17, 15) is 31.2 Å². The largest absolute Gasteiger partial charge is 0.534 e. The van der Waals surface area contributed by atoms with Crippen LogP contribution in [0.2, 0.25) is 0 Å². The molecule has 0 aliphatic carbocycles. The first kappa shape index (κ1) is 22.0. The van der Waals surface area contributed by atoms with E-state index in [1.54, 1.807) is 6.07 Å². The molecule has 7 nitrogen and oxygen atoms in total. The summed E-state index contributed by atoms with van der Waals surface area (Å²) in [5.41, 5.74) is -5.01. The summed E-state index contributed by atoms with van der Waals surface area (Å²) in [6.45, 7) is 0. The third-order valence-corrected chi connectivity index (χ3v) is 4.56. The van der Waals surface area contributed by atoms with Crippen LogP contribution in [0, 0.1) is 0 Å². The molecule has 0 unspecified atom stereocenters. The molecular weight excluding hydrogens is 417 g/mol. The zero-order valence-electron chi connectivity index (χ0n) is 14.6. The van der Waals surface area contributed by atoms with Crippen LogP contribution in [0.25, 0.3) is 17.2 Å². The minimum Gasteiger partial charge on any atom is -0.497 e. The van der Waals surface area contributed by atoms with E-state index >= 15 is 0 Å². The number of carbonyl (C=O) groups excluding carboxylic acids is 1. The van der Waals surface area contributed by atoms with Gasteiger partial charge in [0, 0.05) is 6.08 Å². The number of halogens is 3. The zero-order chi connectivity index (χ0) is 21.8. The normalized spacial score (nSPS) is 12.0. The van der Waals surface area contributed by atoms with Crippen molar-refractivity contribution < 1.29 is 45.2 Å². The van der Waals surface area contributed by atoms with Crippen molar-refractivity contribution in [3.63, 3.8) is 0 Å². The maximum absolute atomic E-state index is 12.5. The third-order valence-electron chi connectivity index (χ3n) is 3.59.